The fourth-order valence-corrected chi connectivity index (χ4v) is 2.32. The van der Waals surface area contributed by atoms with E-state index in [1.165, 1.54) is 25.1 Å². The summed E-state index contributed by atoms with van der Waals surface area (Å²) in [5.74, 6) is 0. The summed E-state index contributed by atoms with van der Waals surface area (Å²) in [5, 5.41) is 3.51. The number of aromatic nitrogens is 2. The molecule has 0 saturated carbocycles. The van der Waals surface area contributed by atoms with Gasteiger partial charge in [-0.05, 0) is 37.6 Å². The lowest BCUT2D eigenvalue weighted by molar-refractivity contribution is 0.597. The SMILES string of the molecule is c1cnc2cc(C[C@H]3CCCN3)[nH]c2c1. The Morgan fingerprint density at radius 3 is 3.27 bits per heavy atom. The molecule has 0 spiro atoms. The van der Waals surface area contributed by atoms with Crippen LogP contribution in [0.2, 0.25) is 0 Å². The predicted molar refractivity (Wildman–Crippen MR) is 60.8 cm³/mol. The molecule has 2 aromatic rings. The van der Waals surface area contributed by atoms with Crippen molar-refractivity contribution >= 4 is 11.0 Å². The van der Waals surface area contributed by atoms with E-state index < -0.39 is 0 Å². The Kier molecular flexibility index (Phi) is 2.18. The molecule has 3 heterocycles. The highest BCUT2D eigenvalue weighted by atomic mass is 14.9. The van der Waals surface area contributed by atoms with Gasteiger partial charge in [0.1, 0.15) is 0 Å². The first-order valence-corrected chi connectivity index (χ1v) is 5.58. The van der Waals surface area contributed by atoms with E-state index in [0.29, 0.717) is 6.04 Å². The number of aromatic amines is 1. The zero-order chi connectivity index (χ0) is 10.1. The maximum Gasteiger partial charge on any atom is 0.0881 e. The quantitative estimate of drug-likeness (QED) is 0.778. The first-order chi connectivity index (χ1) is 7.42. The van der Waals surface area contributed by atoms with Gasteiger partial charge in [-0.25, -0.2) is 0 Å². The Morgan fingerprint density at radius 2 is 2.47 bits per heavy atom. The van der Waals surface area contributed by atoms with Gasteiger partial charge in [0.05, 0.1) is 11.0 Å². The third kappa shape index (κ3) is 1.75. The minimum absolute atomic E-state index is 0.651. The van der Waals surface area contributed by atoms with Crippen LogP contribution in [-0.4, -0.2) is 22.6 Å². The van der Waals surface area contributed by atoms with E-state index in [1.807, 2.05) is 12.3 Å². The van der Waals surface area contributed by atoms with Crippen molar-refractivity contribution in [1.29, 1.82) is 0 Å². The van der Waals surface area contributed by atoms with Crippen LogP contribution in [-0.2, 0) is 6.42 Å². The van der Waals surface area contributed by atoms with Gasteiger partial charge >= 0.3 is 0 Å². The summed E-state index contributed by atoms with van der Waals surface area (Å²) in [7, 11) is 0. The second-order valence-corrected chi connectivity index (χ2v) is 4.23. The van der Waals surface area contributed by atoms with E-state index in [-0.39, 0.29) is 0 Å². The molecular formula is C12H15N3. The molecular weight excluding hydrogens is 186 g/mol. The van der Waals surface area contributed by atoms with E-state index in [4.69, 9.17) is 0 Å². The highest BCUT2D eigenvalue weighted by Gasteiger charge is 2.15. The van der Waals surface area contributed by atoms with Crippen LogP contribution in [0, 0.1) is 0 Å². The van der Waals surface area contributed by atoms with Gasteiger partial charge in [-0.3, -0.25) is 4.98 Å². The number of hydrogen-bond donors (Lipinski definition) is 2. The molecule has 0 amide bonds. The summed E-state index contributed by atoms with van der Waals surface area (Å²) in [6.07, 6.45) is 5.54. The number of fused-ring (bicyclic) bond motifs is 1. The predicted octanol–water partition coefficient (Wildman–Crippen LogP) is 1.86. The van der Waals surface area contributed by atoms with Crippen LogP contribution < -0.4 is 5.32 Å². The average molecular weight is 201 g/mol. The normalized spacial score (nSPS) is 21.2. The molecule has 0 aromatic carbocycles. The summed E-state index contributed by atoms with van der Waals surface area (Å²) in [4.78, 5) is 7.74. The van der Waals surface area contributed by atoms with Crippen molar-refractivity contribution in [3.63, 3.8) is 0 Å². The van der Waals surface area contributed by atoms with Crippen molar-refractivity contribution in [2.45, 2.75) is 25.3 Å². The van der Waals surface area contributed by atoms with Gasteiger partial charge in [-0.1, -0.05) is 0 Å². The molecule has 2 aromatic heterocycles. The highest BCUT2D eigenvalue weighted by molar-refractivity contribution is 5.75. The van der Waals surface area contributed by atoms with Gasteiger partial charge in [0.2, 0.25) is 0 Å². The lowest BCUT2D eigenvalue weighted by Crippen LogP contribution is -2.23. The van der Waals surface area contributed by atoms with Crippen molar-refractivity contribution in [3.05, 3.63) is 30.1 Å². The topological polar surface area (TPSA) is 40.7 Å². The van der Waals surface area contributed by atoms with E-state index in [2.05, 4.69) is 27.4 Å². The number of hydrogen-bond acceptors (Lipinski definition) is 2. The molecule has 1 fully saturated rings. The molecule has 1 aliphatic rings. The van der Waals surface area contributed by atoms with Crippen LogP contribution in [0.1, 0.15) is 18.5 Å². The number of pyridine rings is 1. The maximum atomic E-state index is 4.32. The van der Waals surface area contributed by atoms with Crippen LogP contribution >= 0.6 is 0 Å². The third-order valence-electron chi connectivity index (χ3n) is 3.07. The fraction of sp³-hybridized carbons (Fsp3) is 0.417. The van der Waals surface area contributed by atoms with E-state index >= 15 is 0 Å². The van der Waals surface area contributed by atoms with E-state index in [1.54, 1.807) is 0 Å². The van der Waals surface area contributed by atoms with Crippen molar-refractivity contribution in [2.24, 2.45) is 0 Å². The standard InChI is InChI=1S/C12H15N3/c1-3-9(13-5-1)7-10-8-12-11(15-10)4-2-6-14-12/h2,4,6,8-9,13,15H,1,3,5,7H2/t9-/m1/s1. The minimum Gasteiger partial charge on any atom is -0.357 e. The summed E-state index contributed by atoms with van der Waals surface area (Å²) < 4.78 is 0. The molecule has 3 nitrogen and oxygen atoms in total. The number of rotatable bonds is 2. The van der Waals surface area contributed by atoms with Crippen molar-refractivity contribution in [1.82, 2.24) is 15.3 Å². The lowest BCUT2D eigenvalue weighted by Gasteiger charge is -2.07. The molecule has 0 bridgehead atoms. The average Bonchev–Trinajstić information content (AvgIpc) is 2.86. The van der Waals surface area contributed by atoms with Gasteiger partial charge < -0.3 is 10.3 Å². The zero-order valence-corrected chi connectivity index (χ0v) is 8.66. The Labute approximate surface area is 88.9 Å². The molecule has 3 rings (SSSR count). The molecule has 15 heavy (non-hydrogen) atoms. The summed E-state index contributed by atoms with van der Waals surface area (Å²) in [5.41, 5.74) is 3.51. The van der Waals surface area contributed by atoms with Gasteiger partial charge in [0, 0.05) is 24.4 Å². The minimum atomic E-state index is 0.651. The Hall–Kier alpha value is -1.35. The molecule has 0 radical (unpaired) electrons. The first-order valence-electron chi connectivity index (χ1n) is 5.58. The third-order valence-corrected chi connectivity index (χ3v) is 3.07. The van der Waals surface area contributed by atoms with Crippen LogP contribution in [0.5, 0.6) is 0 Å². The van der Waals surface area contributed by atoms with Crippen molar-refractivity contribution < 1.29 is 0 Å². The van der Waals surface area contributed by atoms with Gasteiger partial charge in [-0.15, -0.1) is 0 Å². The van der Waals surface area contributed by atoms with E-state index in [0.717, 1.165) is 17.5 Å². The monoisotopic (exact) mass is 201 g/mol. The van der Waals surface area contributed by atoms with Crippen molar-refractivity contribution in [2.75, 3.05) is 6.54 Å². The summed E-state index contributed by atoms with van der Waals surface area (Å²) >= 11 is 0. The molecule has 2 N–H and O–H groups in total. The zero-order valence-electron chi connectivity index (χ0n) is 8.66. The van der Waals surface area contributed by atoms with Gasteiger partial charge in [0.15, 0.2) is 0 Å². The number of H-pyrrole nitrogens is 1. The van der Waals surface area contributed by atoms with Gasteiger partial charge in [0.25, 0.3) is 0 Å². The highest BCUT2D eigenvalue weighted by Crippen LogP contribution is 2.16. The summed E-state index contributed by atoms with van der Waals surface area (Å²) in [6, 6.07) is 6.86. The number of nitrogens with zero attached hydrogens (tertiary/aromatic N) is 1. The van der Waals surface area contributed by atoms with Gasteiger partial charge in [-0.2, -0.15) is 0 Å². The van der Waals surface area contributed by atoms with E-state index in [9.17, 15) is 0 Å². The molecule has 1 saturated heterocycles. The second kappa shape index (κ2) is 3.66. The smallest absolute Gasteiger partial charge is 0.0881 e. The van der Waals surface area contributed by atoms with Crippen molar-refractivity contribution in [3.8, 4) is 0 Å². The molecule has 0 unspecified atom stereocenters. The van der Waals surface area contributed by atoms with Crippen LogP contribution in [0.4, 0.5) is 0 Å². The lowest BCUT2D eigenvalue weighted by atomic mass is 10.1. The number of nitrogens with one attached hydrogen (secondary N) is 2. The maximum absolute atomic E-state index is 4.32. The molecule has 1 aliphatic heterocycles. The summed E-state index contributed by atoms with van der Waals surface area (Å²) in [6.45, 7) is 1.17. The molecule has 3 heteroatoms. The fourth-order valence-electron chi connectivity index (χ4n) is 2.32. The molecule has 78 valence electrons. The largest absolute Gasteiger partial charge is 0.357 e. The molecule has 0 aliphatic carbocycles. The van der Waals surface area contributed by atoms with Crippen LogP contribution in [0.3, 0.4) is 0 Å². The second-order valence-electron chi connectivity index (χ2n) is 4.23. The van der Waals surface area contributed by atoms with Crippen LogP contribution in [0.25, 0.3) is 11.0 Å². The van der Waals surface area contributed by atoms with Crippen LogP contribution in [0.15, 0.2) is 24.4 Å². The molecule has 1 atom stereocenters. The Balaban J connectivity index is 1.84. The Bertz CT molecular complexity index is 422. The first kappa shape index (κ1) is 8.92. The Morgan fingerprint density at radius 1 is 1.47 bits per heavy atom.